The third kappa shape index (κ3) is 7.47. The van der Waals surface area contributed by atoms with Crippen LogP contribution in [-0.2, 0) is 10.0 Å². The Bertz CT molecular complexity index is 1020. The second-order valence-electron chi connectivity index (χ2n) is 9.65. The molecule has 0 spiro atoms. The largest absolute Gasteiger partial charge is 0.354 e. The number of piperazine rings is 1. The molecule has 4 rings (SSSR count). The maximum Gasteiger partial charge on any atom is 0.243 e. The summed E-state index contributed by atoms with van der Waals surface area (Å²) in [6.07, 6.45) is 3.63. The van der Waals surface area contributed by atoms with E-state index in [0.717, 1.165) is 56.0 Å². The number of piperidine rings is 1. The number of aromatic nitrogens is 1. The van der Waals surface area contributed by atoms with Crippen molar-refractivity contribution in [3.8, 4) is 11.1 Å². The van der Waals surface area contributed by atoms with Crippen LogP contribution in [0.1, 0.15) is 26.7 Å². The summed E-state index contributed by atoms with van der Waals surface area (Å²) in [4.78, 5) is 12.1. The number of benzene rings is 1. The number of pyridine rings is 1. The van der Waals surface area contributed by atoms with Crippen molar-refractivity contribution < 1.29 is 8.42 Å². The van der Waals surface area contributed by atoms with Crippen LogP contribution in [-0.4, -0.2) is 93.0 Å². The Labute approximate surface area is 235 Å². The van der Waals surface area contributed by atoms with Crippen LogP contribution < -0.4 is 4.90 Å². The van der Waals surface area contributed by atoms with Gasteiger partial charge in [0.05, 0.1) is 4.90 Å². The molecule has 0 aliphatic carbocycles. The minimum absolute atomic E-state index is 0. The Balaban J connectivity index is 0.00000216. The normalized spacial score (nSPS) is 17.9. The minimum atomic E-state index is -3.45. The molecule has 36 heavy (non-hydrogen) atoms. The highest BCUT2D eigenvalue weighted by Gasteiger charge is 2.30. The molecule has 0 bridgehead atoms. The van der Waals surface area contributed by atoms with E-state index in [0.29, 0.717) is 30.1 Å². The minimum Gasteiger partial charge on any atom is -0.354 e. The Morgan fingerprint density at radius 2 is 1.39 bits per heavy atom. The number of hydrogen-bond acceptors (Lipinski definition) is 6. The summed E-state index contributed by atoms with van der Waals surface area (Å²) in [7, 11) is 0.661. The van der Waals surface area contributed by atoms with Crippen LogP contribution in [0.15, 0.2) is 47.5 Å². The molecule has 1 aromatic carbocycles. The fourth-order valence-electron chi connectivity index (χ4n) is 4.78. The first-order chi connectivity index (χ1) is 15.8. The van der Waals surface area contributed by atoms with E-state index in [2.05, 4.69) is 54.8 Å². The lowest BCUT2D eigenvalue weighted by Gasteiger charge is -2.37. The number of nitrogens with zero attached hydrogens (tertiary/aromatic N) is 5. The van der Waals surface area contributed by atoms with E-state index in [1.54, 1.807) is 16.4 Å². The van der Waals surface area contributed by atoms with E-state index in [1.165, 1.54) is 0 Å². The molecule has 11 heteroatoms. The molecule has 0 amide bonds. The molecule has 7 nitrogen and oxygen atoms in total. The van der Waals surface area contributed by atoms with E-state index in [9.17, 15) is 8.42 Å². The summed E-state index contributed by atoms with van der Waals surface area (Å²) < 4.78 is 27.8. The molecule has 0 atom stereocenters. The van der Waals surface area contributed by atoms with E-state index >= 15 is 0 Å². The first-order valence-corrected chi connectivity index (χ1v) is 13.4. The lowest BCUT2D eigenvalue weighted by molar-refractivity contribution is 0.196. The van der Waals surface area contributed by atoms with Gasteiger partial charge in [-0.3, -0.25) is 4.90 Å². The second-order valence-corrected chi connectivity index (χ2v) is 11.6. The van der Waals surface area contributed by atoms with Gasteiger partial charge in [0.15, 0.2) is 0 Å². The number of rotatable bonds is 6. The van der Waals surface area contributed by atoms with E-state index in [4.69, 9.17) is 4.98 Å². The van der Waals surface area contributed by atoms with Crippen LogP contribution in [0, 0.1) is 0 Å². The van der Waals surface area contributed by atoms with Gasteiger partial charge in [-0.1, -0.05) is 12.1 Å². The molecule has 0 unspecified atom stereocenters. The number of anilines is 1. The summed E-state index contributed by atoms with van der Waals surface area (Å²) in [5, 5.41) is 0. The van der Waals surface area contributed by atoms with Gasteiger partial charge >= 0.3 is 0 Å². The smallest absolute Gasteiger partial charge is 0.243 e. The van der Waals surface area contributed by atoms with Gasteiger partial charge in [-0.15, -0.1) is 37.2 Å². The van der Waals surface area contributed by atoms with E-state index in [1.807, 2.05) is 18.3 Å². The molecular weight excluding hydrogens is 541 g/mol. The van der Waals surface area contributed by atoms with Gasteiger partial charge in [0, 0.05) is 63.1 Å². The first kappa shape index (κ1) is 32.9. The van der Waals surface area contributed by atoms with Crippen molar-refractivity contribution in [2.24, 2.45) is 0 Å². The lowest BCUT2D eigenvalue weighted by Crippen LogP contribution is -2.49. The quantitative estimate of drug-likeness (QED) is 0.509. The van der Waals surface area contributed by atoms with Gasteiger partial charge in [0.2, 0.25) is 10.0 Å². The molecule has 0 N–H and O–H groups in total. The van der Waals surface area contributed by atoms with Crippen LogP contribution in [0.5, 0.6) is 0 Å². The van der Waals surface area contributed by atoms with Gasteiger partial charge in [-0.05, 0) is 70.6 Å². The third-order valence-corrected chi connectivity index (χ3v) is 9.01. The molecule has 3 heterocycles. The summed E-state index contributed by atoms with van der Waals surface area (Å²) in [6.45, 7) is 9.73. The van der Waals surface area contributed by atoms with Crippen LogP contribution in [0.25, 0.3) is 11.1 Å². The highest BCUT2D eigenvalue weighted by atomic mass is 35.5. The van der Waals surface area contributed by atoms with Crippen molar-refractivity contribution >= 4 is 53.1 Å². The van der Waals surface area contributed by atoms with E-state index < -0.39 is 10.0 Å². The molecule has 2 aromatic rings. The SMILES string of the molecule is CC(C)N1CCN(c2ccc(-c3ccc(S(=O)(=O)N4CCC(N(C)C)CC4)cc3)cn2)CC1.Cl.Cl.Cl. The maximum atomic E-state index is 13.1. The molecule has 1 aromatic heterocycles. The zero-order chi connectivity index (χ0) is 23.6. The van der Waals surface area contributed by atoms with Crippen LogP contribution in [0.4, 0.5) is 5.82 Å². The van der Waals surface area contributed by atoms with Gasteiger partial charge in [0.1, 0.15) is 5.82 Å². The zero-order valence-electron chi connectivity index (χ0n) is 21.5. The second kappa shape index (κ2) is 14.1. The molecule has 2 saturated heterocycles. The summed E-state index contributed by atoms with van der Waals surface area (Å²) in [5.74, 6) is 1.00. The summed E-state index contributed by atoms with van der Waals surface area (Å²) >= 11 is 0. The number of sulfonamides is 1. The highest BCUT2D eigenvalue weighted by molar-refractivity contribution is 7.89. The first-order valence-electron chi connectivity index (χ1n) is 12.0. The molecule has 0 radical (unpaired) electrons. The molecule has 2 aliphatic rings. The van der Waals surface area contributed by atoms with Crippen molar-refractivity contribution in [3.63, 3.8) is 0 Å². The van der Waals surface area contributed by atoms with Gasteiger partial charge < -0.3 is 9.80 Å². The molecule has 2 aliphatic heterocycles. The molecule has 2 fully saturated rings. The zero-order valence-corrected chi connectivity index (χ0v) is 24.8. The van der Waals surface area contributed by atoms with Gasteiger partial charge in [0.25, 0.3) is 0 Å². The van der Waals surface area contributed by atoms with Crippen molar-refractivity contribution in [1.29, 1.82) is 0 Å². The van der Waals surface area contributed by atoms with E-state index in [-0.39, 0.29) is 37.2 Å². The average Bonchev–Trinajstić information content (AvgIpc) is 2.84. The predicted octanol–water partition coefficient (Wildman–Crippen LogP) is 4.26. The van der Waals surface area contributed by atoms with Crippen molar-refractivity contribution in [2.45, 2.75) is 43.7 Å². The van der Waals surface area contributed by atoms with Crippen LogP contribution in [0.2, 0.25) is 0 Å². The average molecular weight is 581 g/mol. The molecular formula is C25H40Cl3N5O2S. The third-order valence-electron chi connectivity index (χ3n) is 7.10. The fourth-order valence-corrected chi connectivity index (χ4v) is 6.25. The fraction of sp³-hybridized carbons (Fsp3) is 0.560. The van der Waals surface area contributed by atoms with Crippen LogP contribution >= 0.6 is 37.2 Å². The maximum absolute atomic E-state index is 13.1. The standard InChI is InChI=1S/C25H37N5O2S.3ClH/c1-20(2)28-15-17-29(18-16-28)25-10-7-22(19-26-25)21-5-8-24(9-6-21)33(31,32)30-13-11-23(12-14-30)27(3)4;;;/h5-10,19-20,23H,11-18H2,1-4H3;3*1H. The Kier molecular flexibility index (Phi) is 12.9. The number of halogens is 3. The molecule has 204 valence electrons. The monoisotopic (exact) mass is 579 g/mol. The van der Waals surface area contributed by atoms with Crippen molar-refractivity contribution in [2.75, 3.05) is 58.3 Å². The summed E-state index contributed by atoms with van der Waals surface area (Å²) in [5.41, 5.74) is 1.97. The topological polar surface area (TPSA) is 60.0 Å². The Hall–Kier alpha value is -1.13. The van der Waals surface area contributed by atoms with Gasteiger partial charge in [-0.2, -0.15) is 4.31 Å². The van der Waals surface area contributed by atoms with Crippen molar-refractivity contribution in [3.05, 3.63) is 42.6 Å². The predicted molar refractivity (Wildman–Crippen MR) is 156 cm³/mol. The van der Waals surface area contributed by atoms with Gasteiger partial charge in [-0.25, -0.2) is 13.4 Å². The van der Waals surface area contributed by atoms with Crippen molar-refractivity contribution in [1.82, 2.24) is 19.1 Å². The Morgan fingerprint density at radius 1 is 0.833 bits per heavy atom. The highest BCUT2D eigenvalue weighted by Crippen LogP contribution is 2.26. The molecule has 0 saturated carbocycles. The summed E-state index contributed by atoms with van der Waals surface area (Å²) in [6, 6.07) is 12.4. The number of hydrogen-bond donors (Lipinski definition) is 0. The van der Waals surface area contributed by atoms with Crippen LogP contribution in [0.3, 0.4) is 0 Å². The lowest BCUT2D eigenvalue weighted by atomic mass is 10.1. The Morgan fingerprint density at radius 3 is 1.86 bits per heavy atom.